The Balaban J connectivity index is 2.05. The number of benzene rings is 1. The topological polar surface area (TPSA) is 69.9 Å². The van der Waals surface area contributed by atoms with Gasteiger partial charge in [-0.2, -0.15) is 0 Å². The highest BCUT2D eigenvalue weighted by Gasteiger charge is 2.25. The molecule has 0 radical (unpaired) electrons. The summed E-state index contributed by atoms with van der Waals surface area (Å²) in [5.41, 5.74) is 7.72. The maximum Gasteiger partial charge on any atom is 0.150 e. The Bertz CT molecular complexity index is 599. The van der Waals surface area contributed by atoms with Crippen LogP contribution in [0.25, 0.3) is 11.3 Å². The lowest BCUT2D eigenvalue weighted by Crippen LogP contribution is -2.17. The minimum atomic E-state index is 0.431. The van der Waals surface area contributed by atoms with Crippen molar-refractivity contribution in [1.29, 1.82) is 0 Å². The highest BCUT2D eigenvalue weighted by atomic mass is 35.5. The Kier molecular flexibility index (Phi) is 3.11. The van der Waals surface area contributed by atoms with Gasteiger partial charge < -0.3 is 11.6 Å². The third kappa shape index (κ3) is 2.16. The quantitative estimate of drug-likeness (QED) is 0.828. The van der Waals surface area contributed by atoms with E-state index in [0.717, 1.165) is 29.9 Å². The number of halogens is 1. The van der Waals surface area contributed by atoms with E-state index in [-0.39, 0.29) is 0 Å². The molecule has 0 amide bonds. The number of imidazole rings is 1. The highest BCUT2D eigenvalue weighted by Crippen LogP contribution is 2.36. The fourth-order valence-corrected chi connectivity index (χ4v) is 2.97. The number of anilines is 1. The molecule has 100 valence electrons. The Morgan fingerprint density at radius 1 is 1.26 bits per heavy atom. The third-order valence-corrected chi connectivity index (χ3v) is 4.03. The molecule has 4 N–H and O–H groups in total. The second-order valence-electron chi connectivity index (χ2n) is 5.07. The number of aromatic nitrogens is 2. The van der Waals surface area contributed by atoms with Crippen LogP contribution in [-0.4, -0.2) is 9.66 Å². The zero-order valence-electron chi connectivity index (χ0n) is 10.6. The van der Waals surface area contributed by atoms with Gasteiger partial charge in [0.05, 0.1) is 0 Å². The van der Waals surface area contributed by atoms with E-state index < -0.39 is 0 Å². The second kappa shape index (κ2) is 4.78. The smallest absolute Gasteiger partial charge is 0.150 e. The van der Waals surface area contributed by atoms with Crippen LogP contribution in [0.4, 0.5) is 5.82 Å². The van der Waals surface area contributed by atoms with Gasteiger partial charge in [0.15, 0.2) is 5.82 Å². The van der Waals surface area contributed by atoms with Crippen molar-refractivity contribution in [2.75, 3.05) is 11.6 Å². The summed E-state index contributed by atoms with van der Waals surface area (Å²) < 4.78 is 1.53. The van der Waals surface area contributed by atoms with Gasteiger partial charge in [0.25, 0.3) is 0 Å². The fraction of sp³-hybridized carbons (Fsp3) is 0.357. The number of nitrogen functional groups attached to an aromatic ring is 2. The van der Waals surface area contributed by atoms with Crippen LogP contribution >= 0.6 is 11.6 Å². The molecule has 0 saturated heterocycles. The van der Waals surface area contributed by atoms with Crippen molar-refractivity contribution < 1.29 is 0 Å². The summed E-state index contributed by atoms with van der Waals surface area (Å²) in [7, 11) is 0. The van der Waals surface area contributed by atoms with Gasteiger partial charge in [0.1, 0.15) is 11.5 Å². The monoisotopic (exact) mass is 276 g/mol. The van der Waals surface area contributed by atoms with Crippen LogP contribution < -0.4 is 11.6 Å². The van der Waals surface area contributed by atoms with E-state index in [1.54, 1.807) is 0 Å². The molecular formula is C14H17ClN4. The molecule has 0 atom stereocenters. The molecule has 5 heteroatoms. The molecule has 0 bridgehead atoms. The molecule has 2 aromatic rings. The first-order chi connectivity index (χ1) is 9.16. The van der Waals surface area contributed by atoms with E-state index in [1.165, 1.54) is 17.5 Å². The normalized spacial score (nSPS) is 16.1. The van der Waals surface area contributed by atoms with Crippen LogP contribution in [0.2, 0.25) is 5.02 Å². The average molecular weight is 277 g/mol. The molecule has 3 rings (SSSR count). The van der Waals surface area contributed by atoms with Crippen LogP contribution in [-0.2, 0) is 0 Å². The minimum absolute atomic E-state index is 0.431. The van der Waals surface area contributed by atoms with Gasteiger partial charge in [0.2, 0.25) is 0 Å². The summed E-state index contributed by atoms with van der Waals surface area (Å²) >= 11 is 6.01. The number of nitrogens with zero attached hydrogens (tertiary/aromatic N) is 2. The van der Waals surface area contributed by atoms with E-state index in [0.29, 0.717) is 16.8 Å². The van der Waals surface area contributed by atoms with E-state index in [2.05, 4.69) is 4.98 Å². The zero-order valence-corrected chi connectivity index (χ0v) is 11.4. The van der Waals surface area contributed by atoms with E-state index in [9.17, 15) is 0 Å². The Labute approximate surface area is 117 Å². The van der Waals surface area contributed by atoms with Gasteiger partial charge in [-0.25, -0.2) is 9.66 Å². The molecule has 0 spiro atoms. The van der Waals surface area contributed by atoms with Crippen molar-refractivity contribution in [3.05, 3.63) is 35.1 Å². The van der Waals surface area contributed by atoms with Gasteiger partial charge in [-0.15, -0.1) is 0 Å². The standard InChI is InChI=1S/C14H17ClN4/c15-11-7-3-6-10(8-11)12-13(16)19(17)14(18-12)9-4-1-2-5-9/h3,6-9H,1-2,4-5,16-17H2. The lowest BCUT2D eigenvalue weighted by atomic mass is 10.1. The second-order valence-corrected chi connectivity index (χ2v) is 5.50. The summed E-state index contributed by atoms with van der Waals surface area (Å²) in [6, 6.07) is 7.53. The van der Waals surface area contributed by atoms with E-state index in [4.69, 9.17) is 23.2 Å². The van der Waals surface area contributed by atoms with Crippen LogP contribution in [0, 0.1) is 0 Å². The zero-order chi connectivity index (χ0) is 13.4. The summed E-state index contributed by atoms with van der Waals surface area (Å²) in [6.45, 7) is 0. The van der Waals surface area contributed by atoms with Crippen molar-refractivity contribution in [3.63, 3.8) is 0 Å². The van der Waals surface area contributed by atoms with E-state index in [1.807, 2.05) is 24.3 Å². The lowest BCUT2D eigenvalue weighted by Gasteiger charge is -2.08. The molecule has 0 aliphatic heterocycles. The predicted octanol–water partition coefficient (Wildman–Crippen LogP) is 3.16. The number of rotatable bonds is 2. The summed E-state index contributed by atoms with van der Waals surface area (Å²) in [4.78, 5) is 4.66. The van der Waals surface area contributed by atoms with Crippen LogP contribution in [0.1, 0.15) is 37.4 Å². The first-order valence-electron chi connectivity index (χ1n) is 6.56. The number of hydrogen-bond acceptors (Lipinski definition) is 3. The molecule has 1 aliphatic rings. The molecule has 1 aromatic carbocycles. The Morgan fingerprint density at radius 2 is 2.00 bits per heavy atom. The lowest BCUT2D eigenvalue weighted by molar-refractivity contribution is 0.648. The van der Waals surface area contributed by atoms with Gasteiger partial charge in [-0.05, 0) is 25.0 Å². The Hall–Kier alpha value is -1.68. The molecule has 1 heterocycles. The molecule has 4 nitrogen and oxygen atoms in total. The largest absolute Gasteiger partial charge is 0.382 e. The third-order valence-electron chi connectivity index (χ3n) is 3.79. The van der Waals surface area contributed by atoms with Crippen LogP contribution in [0.3, 0.4) is 0 Å². The van der Waals surface area contributed by atoms with Crippen molar-refractivity contribution in [2.45, 2.75) is 31.6 Å². The predicted molar refractivity (Wildman–Crippen MR) is 78.4 cm³/mol. The highest BCUT2D eigenvalue weighted by molar-refractivity contribution is 6.30. The maximum absolute atomic E-state index is 6.09. The molecule has 1 aliphatic carbocycles. The SMILES string of the molecule is Nc1c(-c2cccc(Cl)c2)nc(C2CCCC2)n1N. The van der Waals surface area contributed by atoms with Crippen molar-refractivity contribution >= 4 is 17.4 Å². The first kappa shape index (κ1) is 12.4. The van der Waals surface area contributed by atoms with E-state index >= 15 is 0 Å². The number of nitrogens with two attached hydrogens (primary N) is 2. The fourth-order valence-electron chi connectivity index (χ4n) is 2.78. The van der Waals surface area contributed by atoms with Crippen molar-refractivity contribution in [1.82, 2.24) is 9.66 Å². The summed E-state index contributed by atoms with van der Waals surface area (Å²) in [5.74, 6) is 7.88. The minimum Gasteiger partial charge on any atom is -0.382 e. The molecule has 0 unspecified atom stereocenters. The van der Waals surface area contributed by atoms with Gasteiger partial charge in [-0.1, -0.05) is 36.6 Å². The molecule has 1 fully saturated rings. The van der Waals surface area contributed by atoms with Crippen LogP contribution in [0.5, 0.6) is 0 Å². The number of hydrogen-bond donors (Lipinski definition) is 2. The molecular weight excluding hydrogens is 260 g/mol. The maximum atomic E-state index is 6.09. The summed E-state index contributed by atoms with van der Waals surface area (Å²) in [5, 5.41) is 0.672. The first-order valence-corrected chi connectivity index (χ1v) is 6.93. The summed E-state index contributed by atoms with van der Waals surface area (Å²) in [6.07, 6.45) is 4.76. The van der Waals surface area contributed by atoms with Gasteiger partial charge in [0, 0.05) is 16.5 Å². The molecule has 1 aromatic heterocycles. The molecule has 1 saturated carbocycles. The van der Waals surface area contributed by atoms with Gasteiger partial charge >= 0.3 is 0 Å². The van der Waals surface area contributed by atoms with Crippen molar-refractivity contribution in [2.24, 2.45) is 0 Å². The van der Waals surface area contributed by atoms with Gasteiger partial charge in [-0.3, -0.25) is 0 Å². The van der Waals surface area contributed by atoms with Crippen molar-refractivity contribution in [3.8, 4) is 11.3 Å². The Morgan fingerprint density at radius 3 is 2.68 bits per heavy atom. The average Bonchev–Trinajstić information content (AvgIpc) is 3.00. The van der Waals surface area contributed by atoms with Crippen LogP contribution in [0.15, 0.2) is 24.3 Å². The molecule has 19 heavy (non-hydrogen) atoms.